The highest BCUT2D eigenvalue weighted by atomic mass is 35.5. The van der Waals surface area contributed by atoms with Crippen molar-refractivity contribution in [2.24, 2.45) is 0 Å². The molecule has 2 aromatic carbocycles. The van der Waals surface area contributed by atoms with Gasteiger partial charge in [0.1, 0.15) is 17.4 Å². The number of carbonyl (C=O) groups is 2. The van der Waals surface area contributed by atoms with E-state index < -0.39 is 5.97 Å². The van der Waals surface area contributed by atoms with Crippen molar-refractivity contribution in [3.63, 3.8) is 0 Å². The fraction of sp³-hybridized carbons (Fsp3) is 0.167. The number of halogens is 1. The normalized spacial score (nSPS) is 10.7. The maximum atomic E-state index is 12.6. The number of hydrogen-bond donors (Lipinski definition) is 2. The largest absolute Gasteiger partial charge is 0.486 e. The molecule has 1 amide bonds. The highest BCUT2D eigenvalue weighted by Crippen LogP contribution is 2.36. The molecule has 0 saturated carbocycles. The van der Waals surface area contributed by atoms with Gasteiger partial charge in [-0.05, 0) is 42.8 Å². The van der Waals surface area contributed by atoms with E-state index in [-0.39, 0.29) is 24.9 Å². The van der Waals surface area contributed by atoms with Crippen molar-refractivity contribution in [2.45, 2.75) is 18.7 Å². The first-order valence-corrected chi connectivity index (χ1v) is 12.8. The molecule has 0 fully saturated rings. The summed E-state index contributed by atoms with van der Waals surface area (Å²) in [5.41, 5.74) is 1.28. The molecule has 0 atom stereocenters. The van der Waals surface area contributed by atoms with Gasteiger partial charge in [-0.15, -0.1) is 16.4 Å². The Balaban J connectivity index is 1.35. The van der Waals surface area contributed by atoms with E-state index in [0.29, 0.717) is 32.3 Å². The Morgan fingerprint density at radius 1 is 1.14 bits per heavy atom. The number of rotatable bonds is 10. The first-order valence-electron chi connectivity index (χ1n) is 10.6. The summed E-state index contributed by atoms with van der Waals surface area (Å²) in [4.78, 5) is 30.3. The van der Waals surface area contributed by atoms with E-state index in [1.54, 1.807) is 37.3 Å². The molecular weight excluding hydrogens is 508 g/mol. The smallest absolute Gasteiger partial charge is 0.341 e. The number of carbonyl (C=O) groups excluding carboxylic acids is 2. The lowest BCUT2D eigenvalue weighted by atomic mass is 10.1. The Kier molecular flexibility index (Phi) is 8.40. The van der Waals surface area contributed by atoms with Crippen molar-refractivity contribution in [3.05, 3.63) is 77.1 Å². The minimum Gasteiger partial charge on any atom is -0.486 e. The van der Waals surface area contributed by atoms with Crippen LogP contribution >= 0.6 is 34.7 Å². The zero-order chi connectivity index (χ0) is 24.6. The number of anilines is 1. The monoisotopic (exact) mass is 528 g/mol. The van der Waals surface area contributed by atoms with Crippen molar-refractivity contribution >= 4 is 51.6 Å². The van der Waals surface area contributed by atoms with E-state index in [9.17, 15) is 9.59 Å². The van der Waals surface area contributed by atoms with Gasteiger partial charge in [-0.2, -0.15) is 0 Å². The highest BCUT2D eigenvalue weighted by molar-refractivity contribution is 7.99. The molecule has 0 spiro atoms. The maximum Gasteiger partial charge on any atom is 0.341 e. The summed E-state index contributed by atoms with van der Waals surface area (Å²) in [6.07, 6.45) is 0. The number of amides is 1. The number of nitrogens with zero attached hydrogens (tertiary/aromatic N) is 2. The third-order valence-corrected chi connectivity index (χ3v) is 6.77. The second-order valence-corrected chi connectivity index (χ2v) is 9.52. The van der Waals surface area contributed by atoms with Crippen LogP contribution in [-0.2, 0) is 16.1 Å². The lowest BCUT2D eigenvalue weighted by Crippen LogP contribution is -2.16. The Hall–Kier alpha value is -3.34. The van der Waals surface area contributed by atoms with Crippen LogP contribution in [0.5, 0.6) is 5.75 Å². The summed E-state index contributed by atoms with van der Waals surface area (Å²) in [7, 11) is 0. The van der Waals surface area contributed by atoms with E-state index in [1.807, 2.05) is 30.3 Å². The van der Waals surface area contributed by atoms with Crippen LogP contribution in [0, 0.1) is 0 Å². The Bertz CT molecular complexity index is 1290. The SMILES string of the molecule is CCOC(=O)c1cc(-c2ccccc2)sc1NC(=O)CSc1n[nH]c(COc2ccc(Cl)cc2)n1. The van der Waals surface area contributed by atoms with Gasteiger partial charge in [0.05, 0.1) is 17.9 Å². The Morgan fingerprint density at radius 3 is 2.66 bits per heavy atom. The first kappa shape index (κ1) is 24.8. The van der Waals surface area contributed by atoms with Crippen molar-refractivity contribution in [3.8, 4) is 16.2 Å². The van der Waals surface area contributed by atoms with Crippen molar-refractivity contribution < 1.29 is 19.1 Å². The Labute approximate surface area is 215 Å². The topological polar surface area (TPSA) is 106 Å². The summed E-state index contributed by atoms with van der Waals surface area (Å²) in [5.74, 6) is 0.482. The molecule has 2 N–H and O–H groups in total. The van der Waals surface area contributed by atoms with Crippen LogP contribution in [0.3, 0.4) is 0 Å². The fourth-order valence-corrected chi connectivity index (χ4v) is 4.78. The molecule has 0 aliphatic heterocycles. The van der Waals surface area contributed by atoms with Crippen molar-refractivity contribution in [1.29, 1.82) is 0 Å². The van der Waals surface area contributed by atoms with Crippen molar-refractivity contribution in [2.75, 3.05) is 17.7 Å². The number of H-pyrrole nitrogens is 1. The zero-order valence-electron chi connectivity index (χ0n) is 18.6. The molecule has 2 heterocycles. The average molecular weight is 529 g/mol. The van der Waals surface area contributed by atoms with Gasteiger partial charge in [0.15, 0.2) is 5.82 Å². The second kappa shape index (κ2) is 11.9. The molecule has 4 rings (SSSR count). The maximum absolute atomic E-state index is 12.6. The molecule has 2 aromatic heterocycles. The predicted octanol–water partition coefficient (Wildman–Crippen LogP) is 5.67. The summed E-state index contributed by atoms with van der Waals surface area (Å²) < 4.78 is 10.8. The minimum atomic E-state index is -0.479. The van der Waals surface area contributed by atoms with E-state index in [2.05, 4.69) is 20.5 Å². The van der Waals surface area contributed by atoms with Crippen LogP contribution in [0.1, 0.15) is 23.1 Å². The number of thioether (sulfide) groups is 1. The van der Waals surface area contributed by atoms with Gasteiger partial charge in [0, 0.05) is 9.90 Å². The van der Waals surface area contributed by atoms with E-state index in [1.165, 1.54) is 23.1 Å². The number of nitrogens with one attached hydrogen (secondary N) is 2. The van der Waals surface area contributed by atoms with Crippen LogP contribution in [0.25, 0.3) is 10.4 Å². The molecule has 0 aliphatic rings. The summed E-state index contributed by atoms with van der Waals surface area (Å²) in [5, 5.41) is 11.2. The fourth-order valence-electron chi connectivity index (χ4n) is 2.97. The first-order chi connectivity index (χ1) is 17.0. The number of ether oxygens (including phenoxy) is 2. The number of aromatic nitrogens is 3. The van der Waals surface area contributed by atoms with Gasteiger partial charge in [-0.1, -0.05) is 53.7 Å². The molecule has 35 heavy (non-hydrogen) atoms. The molecular formula is C24H21ClN4O4S2. The Morgan fingerprint density at radius 2 is 1.91 bits per heavy atom. The molecule has 4 aromatic rings. The third-order valence-electron chi connectivity index (χ3n) is 4.57. The number of aromatic amines is 1. The minimum absolute atomic E-state index is 0.0656. The predicted molar refractivity (Wildman–Crippen MR) is 137 cm³/mol. The van der Waals surface area contributed by atoms with Crippen molar-refractivity contribution in [1.82, 2.24) is 15.2 Å². The van der Waals surface area contributed by atoms with Crippen LogP contribution in [0.4, 0.5) is 5.00 Å². The molecule has 0 unspecified atom stereocenters. The van der Waals surface area contributed by atoms with Gasteiger partial charge in [0.25, 0.3) is 0 Å². The van der Waals surface area contributed by atoms with Gasteiger partial charge in [-0.3, -0.25) is 9.89 Å². The molecule has 11 heteroatoms. The summed E-state index contributed by atoms with van der Waals surface area (Å²) >= 11 is 8.36. The third kappa shape index (κ3) is 6.84. The lowest BCUT2D eigenvalue weighted by molar-refractivity contribution is -0.113. The summed E-state index contributed by atoms with van der Waals surface area (Å²) in [6.45, 7) is 2.18. The quantitative estimate of drug-likeness (QED) is 0.202. The molecule has 0 aliphatic carbocycles. The molecule has 0 saturated heterocycles. The summed E-state index contributed by atoms with van der Waals surface area (Å²) in [6, 6.07) is 18.4. The van der Waals surface area contributed by atoms with Gasteiger partial charge >= 0.3 is 5.97 Å². The number of benzene rings is 2. The van der Waals surface area contributed by atoms with Crippen LogP contribution < -0.4 is 10.1 Å². The van der Waals surface area contributed by atoms with Gasteiger partial charge < -0.3 is 14.8 Å². The van der Waals surface area contributed by atoms with Crippen LogP contribution in [-0.4, -0.2) is 39.4 Å². The van der Waals surface area contributed by atoms with Gasteiger partial charge in [0.2, 0.25) is 11.1 Å². The van der Waals surface area contributed by atoms with E-state index in [0.717, 1.165) is 10.4 Å². The van der Waals surface area contributed by atoms with Gasteiger partial charge in [-0.25, -0.2) is 9.78 Å². The average Bonchev–Trinajstić information content (AvgIpc) is 3.50. The second-order valence-electron chi connectivity index (χ2n) is 7.08. The number of thiophene rings is 1. The highest BCUT2D eigenvalue weighted by Gasteiger charge is 2.20. The van der Waals surface area contributed by atoms with Crippen LogP contribution in [0.2, 0.25) is 5.02 Å². The van der Waals surface area contributed by atoms with Crippen LogP contribution in [0.15, 0.2) is 65.8 Å². The zero-order valence-corrected chi connectivity index (χ0v) is 21.0. The molecule has 0 bridgehead atoms. The molecule has 0 radical (unpaired) electrons. The number of esters is 1. The van der Waals surface area contributed by atoms with E-state index in [4.69, 9.17) is 21.1 Å². The van der Waals surface area contributed by atoms with E-state index >= 15 is 0 Å². The standard InChI is InChI=1S/C24H21ClN4O4S2/c1-2-32-23(31)18-12-19(15-6-4-3-5-7-15)35-22(18)27-21(30)14-34-24-26-20(28-29-24)13-33-17-10-8-16(25)9-11-17/h3-12H,2,13-14H2,1H3,(H,27,30)(H,26,28,29). The molecule has 8 nitrogen and oxygen atoms in total. The number of hydrogen-bond acceptors (Lipinski definition) is 8. The molecule has 180 valence electrons. The lowest BCUT2D eigenvalue weighted by Gasteiger charge is -2.05.